The number of hydrogen-bond acceptors (Lipinski definition) is 11. The molecule has 0 aromatic carbocycles. The minimum absolute atomic E-state index is 0.121. The number of carboxylic acid groups (broad SMARTS) is 2. The number of Topliss-reactive ketones (excluding diaryl/α,β-unsaturated/α-hetero) is 1. The van der Waals surface area contributed by atoms with Crippen LogP contribution in [0.1, 0.15) is 48.7 Å². The molecule has 40 heavy (non-hydrogen) atoms. The third-order valence-corrected chi connectivity index (χ3v) is 7.81. The van der Waals surface area contributed by atoms with Gasteiger partial charge in [0.1, 0.15) is 23.7 Å². The average Bonchev–Trinajstić information content (AvgIpc) is 2.86. The number of ketones is 1. The first-order valence-electron chi connectivity index (χ1n) is 11.7. The number of thioether (sulfide) groups is 2. The number of nitrogens with one attached hydrogen (secondary N) is 4. The van der Waals surface area contributed by atoms with E-state index in [9.17, 15) is 43.8 Å². The number of amides is 2. The number of carbonyl (C=O) groups is 5. The van der Waals surface area contributed by atoms with Gasteiger partial charge in [-0.2, -0.15) is 0 Å². The number of hydrogen-bond donors (Lipinski definition) is 6. The van der Waals surface area contributed by atoms with E-state index in [0.717, 1.165) is 23.5 Å². The van der Waals surface area contributed by atoms with Crippen LogP contribution in [0.25, 0.3) is 0 Å². The summed E-state index contributed by atoms with van der Waals surface area (Å²) in [6.45, 7) is 2.34. The maximum atomic E-state index is 13.3. The zero-order valence-electron chi connectivity index (χ0n) is 21.4. The molecule has 2 aromatic rings. The van der Waals surface area contributed by atoms with Crippen molar-refractivity contribution < 1.29 is 34.2 Å². The maximum absolute atomic E-state index is 13.3. The molecule has 15 nitrogen and oxygen atoms in total. The molecule has 0 aliphatic rings. The van der Waals surface area contributed by atoms with Crippen LogP contribution in [0.3, 0.4) is 0 Å². The van der Waals surface area contributed by atoms with Crippen LogP contribution in [0.5, 0.6) is 0 Å². The number of H-pyrrole nitrogens is 2. The largest absolute Gasteiger partial charge is 0.480 e. The number of aliphatic carboxylic acids is 2. The molecule has 4 atom stereocenters. The second kappa shape index (κ2) is 15.6. The summed E-state index contributed by atoms with van der Waals surface area (Å²) in [4.78, 5) is 95.6. The molecular formula is C23H28N6O9S2. The number of aromatic amines is 2. The first-order valence-corrected chi connectivity index (χ1v) is 13.8. The molecule has 0 saturated heterocycles. The van der Waals surface area contributed by atoms with Gasteiger partial charge in [0.2, 0.25) is 11.8 Å². The van der Waals surface area contributed by atoms with Crippen LogP contribution in [0.2, 0.25) is 0 Å². The molecule has 2 rings (SSSR count). The van der Waals surface area contributed by atoms with Gasteiger partial charge in [-0.3, -0.25) is 19.2 Å². The van der Waals surface area contributed by atoms with Crippen LogP contribution < -0.4 is 21.9 Å². The Hall–Kier alpha value is -3.99. The van der Waals surface area contributed by atoms with Gasteiger partial charge < -0.3 is 30.8 Å². The van der Waals surface area contributed by atoms with E-state index in [-0.39, 0.29) is 36.0 Å². The van der Waals surface area contributed by atoms with E-state index < -0.39 is 57.6 Å². The molecule has 17 heteroatoms. The third-order valence-electron chi connectivity index (χ3n) is 5.15. The normalized spacial score (nSPS) is 13.8. The van der Waals surface area contributed by atoms with Crippen molar-refractivity contribution in [1.82, 2.24) is 30.6 Å². The third kappa shape index (κ3) is 11.0. The molecule has 0 radical (unpaired) electrons. The molecule has 2 heterocycles. The quantitative estimate of drug-likeness (QED) is 0.145. The second-order valence-corrected chi connectivity index (χ2v) is 10.9. The standard InChI is InChI=1S/C23H28N6O9S2/c1-11(30)26-15(21(34)35)9-39-17(14-3-5-25-23(38)28-14)7-13(32)8-18(20-24-6-4-19(33)29-20)40-10-16(22(36)37)27-12(2)31/h3-6,15-18H,7-10H2,1-2H3,(H,26,30)(H,27,31)(H,34,35)(H,36,37)(H,24,29,33)(H,25,28,38)/t15-,16-,17?,18?/m0/s1. The van der Waals surface area contributed by atoms with Gasteiger partial charge in [0.25, 0.3) is 5.56 Å². The van der Waals surface area contributed by atoms with E-state index in [4.69, 9.17) is 0 Å². The molecule has 0 aliphatic carbocycles. The van der Waals surface area contributed by atoms with Crippen LogP contribution in [-0.4, -0.2) is 83.3 Å². The molecule has 6 N–H and O–H groups in total. The Balaban J connectivity index is 2.27. The van der Waals surface area contributed by atoms with E-state index in [2.05, 4.69) is 30.6 Å². The van der Waals surface area contributed by atoms with Crippen molar-refractivity contribution in [2.45, 2.75) is 49.3 Å². The molecule has 0 aliphatic heterocycles. The molecule has 2 amide bonds. The minimum Gasteiger partial charge on any atom is -0.480 e. The lowest BCUT2D eigenvalue weighted by atomic mass is 10.1. The predicted molar refractivity (Wildman–Crippen MR) is 145 cm³/mol. The molecule has 0 fully saturated rings. The van der Waals surface area contributed by atoms with E-state index in [1.807, 2.05) is 0 Å². The topological polar surface area (TPSA) is 241 Å². The smallest absolute Gasteiger partial charge is 0.345 e. The molecule has 2 unspecified atom stereocenters. The fraction of sp³-hybridized carbons (Fsp3) is 0.435. The Labute approximate surface area is 235 Å². The lowest BCUT2D eigenvalue weighted by molar-refractivity contribution is -0.141. The van der Waals surface area contributed by atoms with Crippen molar-refractivity contribution in [3.8, 4) is 0 Å². The Bertz CT molecular complexity index is 1250. The van der Waals surface area contributed by atoms with Gasteiger partial charge in [0, 0.05) is 62.3 Å². The van der Waals surface area contributed by atoms with Crippen molar-refractivity contribution in [3.63, 3.8) is 0 Å². The lowest BCUT2D eigenvalue weighted by Gasteiger charge is -2.21. The summed E-state index contributed by atoms with van der Waals surface area (Å²) in [6, 6.07) is 0.123. The number of carboxylic acids is 2. The summed E-state index contributed by atoms with van der Waals surface area (Å²) in [5.74, 6) is -4.20. The number of nitrogens with zero attached hydrogens (tertiary/aromatic N) is 2. The van der Waals surface area contributed by atoms with E-state index >= 15 is 0 Å². The number of rotatable bonds is 16. The van der Waals surface area contributed by atoms with Gasteiger partial charge in [0.15, 0.2) is 0 Å². The Kier molecular flexibility index (Phi) is 12.5. The van der Waals surface area contributed by atoms with Crippen molar-refractivity contribution in [2.24, 2.45) is 0 Å². The van der Waals surface area contributed by atoms with Gasteiger partial charge >= 0.3 is 17.6 Å². The molecule has 216 valence electrons. The molecule has 0 spiro atoms. The van der Waals surface area contributed by atoms with Gasteiger partial charge in [-0.25, -0.2) is 24.4 Å². The van der Waals surface area contributed by atoms with E-state index in [1.165, 1.54) is 38.4 Å². The van der Waals surface area contributed by atoms with Crippen LogP contribution in [0.15, 0.2) is 34.1 Å². The monoisotopic (exact) mass is 596 g/mol. The molecule has 2 aromatic heterocycles. The number of carbonyl (C=O) groups excluding carboxylic acids is 3. The Morgan fingerprint density at radius 3 is 1.85 bits per heavy atom. The van der Waals surface area contributed by atoms with Crippen LogP contribution in [0.4, 0.5) is 0 Å². The van der Waals surface area contributed by atoms with Crippen molar-refractivity contribution >= 4 is 53.1 Å². The first-order chi connectivity index (χ1) is 18.8. The molecular weight excluding hydrogens is 568 g/mol. The first kappa shape index (κ1) is 32.2. The Morgan fingerprint density at radius 2 is 1.35 bits per heavy atom. The highest BCUT2D eigenvalue weighted by Crippen LogP contribution is 2.35. The summed E-state index contributed by atoms with van der Waals surface area (Å²) in [7, 11) is 0. The molecule has 0 saturated carbocycles. The van der Waals surface area contributed by atoms with Gasteiger partial charge in [-0.15, -0.1) is 23.5 Å². The van der Waals surface area contributed by atoms with Crippen molar-refractivity contribution in [2.75, 3.05) is 11.5 Å². The summed E-state index contributed by atoms with van der Waals surface area (Å²) in [5, 5.41) is 21.9. The van der Waals surface area contributed by atoms with E-state index in [1.54, 1.807) is 0 Å². The van der Waals surface area contributed by atoms with Crippen molar-refractivity contribution in [1.29, 1.82) is 0 Å². The fourth-order valence-electron chi connectivity index (χ4n) is 3.37. The zero-order valence-corrected chi connectivity index (χ0v) is 23.0. The number of aromatic nitrogens is 4. The van der Waals surface area contributed by atoms with Gasteiger partial charge in [-0.05, 0) is 6.07 Å². The summed E-state index contributed by atoms with van der Waals surface area (Å²) in [5.41, 5.74) is -0.859. The zero-order chi connectivity index (χ0) is 29.8. The lowest BCUT2D eigenvalue weighted by Crippen LogP contribution is -2.41. The van der Waals surface area contributed by atoms with Crippen LogP contribution in [-0.2, 0) is 24.0 Å². The fourth-order valence-corrected chi connectivity index (χ4v) is 5.88. The summed E-state index contributed by atoms with van der Waals surface area (Å²) in [6.07, 6.45) is 2.06. The van der Waals surface area contributed by atoms with Crippen LogP contribution >= 0.6 is 23.5 Å². The molecule has 0 bridgehead atoms. The maximum Gasteiger partial charge on any atom is 0.345 e. The van der Waals surface area contributed by atoms with E-state index in [0.29, 0.717) is 5.69 Å². The minimum atomic E-state index is -1.28. The SMILES string of the molecule is CC(=O)N[C@@H](CSC(CC(=O)CC(SC[C@H](NC(C)=O)C(=O)O)c1nccc(=O)[nH]1)c1ccnc(=O)[nH]1)C(=O)O. The summed E-state index contributed by atoms with van der Waals surface area (Å²) >= 11 is 2.02. The van der Waals surface area contributed by atoms with Crippen molar-refractivity contribution in [3.05, 3.63) is 56.9 Å². The highest BCUT2D eigenvalue weighted by atomic mass is 32.2. The van der Waals surface area contributed by atoms with Gasteiger partial charge in [-0.1, -0.05) is 0 Å². The summed E-state index contributed by atoms with van der Waals surface area (Å²) < 4.78 is 0. The highest BCUT2D eigenvalue weighted by molar-refractivity contribution is 7.99. The Morgan fingerprint density at radius 1 is 0.825 bits per heavy atom. The second-order valence-electron chi connectivity index (χ2n) is 8.42. The highest BCUT2D eigenvalue weighted by Gasteiger charge is 2.28. The van der Waals surface area contributed by atoms with Gasteiger partial charge in [0.05, 0.1) is 10.5 Å². The van der Waals surface area contributed by atoms with Crippen LogP contribution in [0, 0.1) is 0 Å². The average molecular weight is 597 g/mol. The predicted octanol–water partition coefficient (Wildman–Crippen LogP) is -0.370.